The summed E-state index contributed by atoms with van der Waals surface area (Å²) in [6, 6.07) is 9.14. The summed E-state index contributed by atoms with van der Waals surface area (Å²) >= 11 is 0. The smallest absolute Gasteiger partial charge is 0.00749 e. The summed E-state index contributed by atoms with van der Waals surface area (Å²) in [4.78, 5) is 0. The SMILES string of the molecule is Cc1ccccc1CC(C)(C)C1CCC(C)CC1N. The van der Waals surface area contributed by atoms with Crippen molar-refractivity contribution in [2.75, 3.05) is 0 Å². The Morgan fingerprint density at radius 2 is 1.89 bits per heavy atom. The van der Waals surface area contributed by atoms with Crippen molar-refractivity contribution in [1.82, 2.24) is 0 Å². The van der Waals surface area contributed by atoms with Gasteiger partial charge in [-0.2, -0.15) is 0 Å². The summed E-state index contributed by atoms with van der Waals surface area (Å²) in [7, 11) is 0. The maximum Gasteiger partial charge on any atom is 0.00749 e. The molecule has 1 aromatic rings. The van der Waals surface area contributed by atoms with Crippen LogP contribution in [0, 0.1) is 24.2 Å². The van der Waals surface area contributed by atoms with Gasteiger partial charge in [-0.3, -0.25) is 0 Å². The minimum Gasteiger partial charge on any atom is -0.327 e. The quantitative estimate of drug-likeness (QED) is 0.859. The molecule has 0 aliphatic heterocycles. The number of benzene rings is 1. The predicted octanol–water partition coefficient (Wildman–Crippen LogP) is 4.33. The molecule has 0 aromatic heterocycles. The lowest BCUT2D eigenvalue weighted by Gasteiger charge is -2.43. The summed E-state index contributed by atoms with van der Waals surface area (Å²) in [6.07, 6.45) is 4.98. The van der Waals surface area contributed by atoms with E-state index in [-0.39, 0.29) is 0 Å². The molecule has 2 N–H and O–H groups in total. The fourth-order valence-electron chi connectivity index (χ4n) is 3.83. The molecule has 1 aliphatic carbocycles. The maximum absolute atomic E-state index is 6.45. The van der Waals surface area contributed by atoms with Gasteiger partial charge in [0.25, 0.3) is 0 Å². The summed E-state index contributed by atoms with van der Waals surface area (Å²) in [5.41, 5.74) is 9.64. The van der Waals surface area contributed by atoms with Gasteiger partial charge in [0.2, 0.25) is 0 Å². The molecule has 0 radical (unpaired) electrons. The zero-order chi connectivity index (χ0) is 14.0. The van der Waals surface area contributed by atoms with E-state index in [4.69, 9.17) is 5.73 Å². The average Bonchev–Trinajstić information content (AvgIpc) is 2.31. The molecule has 1 heteroatoms. The second-order valence-corrected chi connectivity index (χ2v) is 7.28. The molecular formula is C18H29N. The van der Waals surface area contributed by atoms with Gasteiger partial charge in [-0.15, -0.1) is 0 Å². The summed E-state index contributed by atoms with van der Waals surface area (Å²) < 4.78 is 0. The highest BCUT2D eigenvalue weighted by molar-refractivity contribution is 5.26. The van der Waals surface area contributed by atoms with Crippen LogP contribution < -0.4 is 5.73 Å². The van der Waals surface area contributed by atoms with Crippen LogP contribution in [0.1, 0.15) is 51.2 Å². The number of aryl methyl sites for hydroxylation is 1. The molecule has 1 aromatic carbocycles. The molecule has 0 bridgehead atoms. The van der Waals surface area contributed by atoms with E-state index in [1.807, 2.05) is 0 Å². The summed E-state index contributed by atoms with van der Waals surface area (Å²) in [5.74, 6) is 1.46. The number of hydrogen-bond acceptors (Lipinski definition) is 1. The van der Waals surface area contributed by atoms with Crippen molar-refractivity contribution < 1.29 is 0 Å². The third-order valence-corrected chi connectivity index (χ3v) is 5.07. The third-order valence-electron chi connectivity index (χ3n) is 5.07. The first kappa shape index (κ1) is 14.6. The normalized spacial score (nSPS) is 28.4. The molecule has 1 nitrogen and oxygen atoms in total. The second-order valence-electron chi connectivity index (χ2n) is 7.28. The summed E-state index contributed by atoms with van der Waals surface area (Å²) in [5, 5.41) is 0. The zero-order valence-corrected chi connectivity index (χ0v) is 12.9. The molecule has 0 heterocycles. The van der Waals surface area contributed by atoms with E-state index in [1.54, 1.807) is 0 Å². The Bertz CT molecular complexity index is 421. The second kappa shape index (κ2) is 5.66. The van der Waals surface area contributed by atoms with E-state index in [0.717, 1.165) is 12.3 Å². The lowest BCUT2D eigenvalue weighted by atomic mass is 9.64. The molecule has 2 rings (SSSR count). The Morgan fingerprint density at radius 3 is 2.53 bits per heavy atom. The number of nitrogens with two attached hydrogens (primary N) is 1. The van der Waals surface area contributed by atoms with Crippen LogP contribution in [0.2, 0.25) is 0 Å². The van der Waals surface area contributed by atoms with Crippen molar-refractivity contribution >= 4 is 0 Å². The van der Waals surface area contributed by atoms with E-state index >= 15 is 0 Å². The van der Waals surface area contributed by atoms with E-state index in [9.17, 15) is 0 Å². The standard InChI is InChI=1S/C18H29N/c1-13-9-10-16(17(19)11-13)18(3,4)12-15-8-6-5-7-14(15)2/h5-8,13,16-17H,9-12,19H2,1-4H3. The molecule has 3 unspecified atom stereocenters. The molecule has 0 amide bonds. The molecule has 1 saturated carbocycles. The van der Waals surface area contributed by atoms with Crippen LogP contribution in [-0.2, 0) is 6.42 Å². The fraction of sp³-hybridized carbons (Fsp3) is 0.667. The first-order valence-electron chi connectivity index (χ1n) is 7.70. The number of rotatable bonds is 3. The lowest BCUT2D eigenvalue weighted by Crippen LogP contribution is -2.44. The van der Waals surface area contributed by atoms with Crippen LogP contribution in [0.15, 0.2) is 24.3 Å². The molecule has 3 atom stereocenters. The van der Waals surface area contributed by atoms with Crippen molar-refractivity contribution in [3.8, 4) is 0 Å². The van der Waals surface area contributed by atoms with E-state index in [1.165, 1.54) is 30.4 Å². The van der Waals surface area contributed by atoms with Gasteiger partial charge in [0.15, 0.2) is 0 Å². The van der Waals surface area contributed by atoms with Crippen molar-refractivity contribution in [3.63, 3.8) is 0 Å². The van der Waals surface area contributed by atoms with Gasteiger partial charge in [0.1, 0.15) is 0 Å². The molecule has 106 valence electrons. The highest BCUT2D eigenvalue weighted by atomic mass is 14.7. The van der Waals surface area contributed by atoms with Gasteiger partial charge in [-0.1, -0.05) is 51.5 Å². The van der Waals surface area contributed by atoms with Crippen LogP contribution in [-0.4, -0.2) is 6.04 Å². The fourth-order valence-corrected chi connectivity index (χ4v) is 3.83. The first-order chi connectivity index (χ1) is 8.90. The molecule has 1 fully saturated rings. The third kappa shape index (κ3) is 3.39. The Kier molecular flexibility index (Phi) is 4.35. The average molecular weight is 259 g/mol. The van der Waals surface area contributed by atoms with Crippen molar-refractivity contribution in [2.24, 2.45) is 23.0 Å². The van der Waals surface area contributed by atoms with Gasteiger partial charge in [-0.05, 0) is 54.6 Å². The Hall–Kier alpha value is -0.820. The van der Waals surface area contributed by atoms with E-state index in [2.05, 4.69) is 52.0 Å². The molecule has 0 spiro atoms. The molecule has 19 heavy (non-hydrogen) atoms. The lowest BCUT2D eigenvalue weighted by molar-refractivity contribution is 0.113. The molecule has 0 saturated heterocycles. The Labute approximate surface area is 118 Å². The van der Waals surface area contributed by atoms with Crippen LogP contribution in [0.5, 0.6) is 0 Å². The topological polar surface area (TPSA) is 26.0 Å². The van der Waals surface area contributed by atoms with Crippen LogP contribution in [0.4, 0.5) is 0 Å². The molecular weight excluding hydrogens is 230 g/mol. The zero-order valence-electron chi connectivity index (χ0n) is 12.9. The molecule has 1 aliphatic rings. The van der Waals surface area contributed by atoms with Gasteiger partial charge in [-0.25, -0.2) is 0 Å². The highest BCUT2D eigenvalue weighted by Crippen LogP contribution is 2.41. The predicted molar refractivity (Wildman–Crippen MR) is 83.1 cm³/mol. The van der Waals surface area contributed by atoms with Crippen molar-refractivity contribution in [3.05, 3.63) is 35.4 Å². The Morgan fingerprint density at radius 1 is 1.21 bits per heavy atom. The minimum atomic E-state index is 0.297. The van der Waals surface area contributed by atoms with Gasteiger partial charge >= 0.3 is 0 Å². The van der Waals surface area contributed by atoms with Crippen molar-refractivity contribution in [1.29, 1.82) is 0 Å². The largest absolute Gasteiger partial charge is 0.327 e. The summed E-state index contributed by atoms with van der Waals surface area (Å²) in [6.45, 7) is 9.36. The van der Waals surface area contributed by atoms with Crippen LogP contribution in [0.3, 0.4) is 0 Å². The van der Waals surface area contributed by atoms with Gasteiger partial charge in [0.05, 0.1) is 0 Å². The van der Waals surface area contributed by atoms with E-state index < -0.39 is 0 Å². The van der Waals surface area contributed by atoms with Gasteiger partial charge < -0.3 is 5.73 Å². The monoisotopic (exact) mass is 259 g/mol. The van der Waals surface area contributed by atoms with Crippen LogP contribution in [0.25, 0.3) is 0 Å². The first-order valence-corrected chi connectivity index (χ1v) is 7.70. The Balaban J connectivity index is 2.12. The van der Waals surface area contributed by atoms with Gasteiger partial charge in [0, 0.05) is 6.04 Å². The van der Waals surface area contributed by atoms with Crippen molar-refractivity contribution in [2.45, 2.75) is 59.4 Å². The highest BCUT2D eigenvalue weighted by Gasteiger charge is 2.37. The van der Waals surface area contributed by atoms with Crippen LogP contribution >= 0.6 is 0 Å². The number of hydrogen-bond donors (Lipinski definition) is 1. The minimum absolute atomic E-state index is 0.297. The van der Waals surface area contributed by atoms with E-state index in [0.29, 0.717) is 17.4 Å². The maximum atomic E-state index is 6.45.